The summed E-state index contributed by atoms with van der Waals surface area (Å²) in [4.78, 5) is 33.9. The van der Waals surface area contributed by atoms with Gasteiger partial charge in [0.2, 0.25) is 0 Å². The minimum absolute atomic E-state index is 0.0229. The van der Waals surface area contributed by atoms with E-state index < -0.39 is 11.9 Å². The summed E-state index contributed by atoms with van der Waals surface area (Å²) in [6.45, 7) is 2.41. The number of carbonyl (C=O) groups excluding carboxylic acids is 3. The Morgan fingerprint density at radius 2 is 1.73 bits per heavy atom. The third-order valence-electron chi connectivity index (χ3n) is 3.85. The van der Waals surface area contributed by atoms with Crippen molar-refractivity contribution in [3.05, 3.63) is 48.0 Å². The van der Waals surface area contributed by atoms with E-state index in [1.807, 2.05) is 30.3 Å². The van der Waals surface area contributed by atoms with Crippen molar-refractivity contribution < 1.29 is 19.1 Å². The largest absolute Gasteiger partial charge is 0.456 e. The molecule has 3 rings (SSSR count). The molecule has 2 N–H and O–H groups in total. The van der Waals surface area contributed by atoms with Crippen LogP contribution in [-0.2, 0) is 14.3 Å². The van der Waals surface area contributed by atoms with E-state index in [9.17, 15) is 14.4 Å². The first-order valence-electron chi connectivity index (χ1n) is 7.97. The van der Waals surface area contributed by atoms with Crippen molar-refractivity contribution in [1.82, 2.24) is 10.2 Å². The fraction of sp³-hybridized carbons (Fsp3) is 0.158. The fourth-order valence-electron chi connectivity index (χ4n) is 2.53. The molecule has 7 nitrogen and oxygen atoms in total. The molecule has 1 heterocycles. The van der Waals surface area contributed by atoms with E-state index >= 15 is 0 Å². The first kappa shape index (κ1) is 17.3. The van der Waals surface area contributed by atoms with Crippen molar-refractivity contribution in [3.8, 4) is 11.1 Å². The molecule has 3 aromatic rings. The van der Waals surface area contributed by atoms with Crippen molar-refractivity contribution in [1.29, 1.82) is 0 Å². The Hall–Kier alpha value is -3.48. The molecule has 1 amide bonds. The van der Waals surface area contributed by atoms with E-state index in [2.05, 4.69) is 20.3 Å². The number of esters is 1. The highest BCUT2D eigenvalue weighted by atomic mass is 16.5. The third kappa shape index (κ3) is 3.77. The Morgan fingerprint density at radius 3 is 2.38 bits per heavy atom. The maximum absolute atomic E-state index is 11.8. The topological polar surface area (TPSA) is 101 Å². The molecule has 0 unspecified atom stereocenters. The van der Waals surface area contributed by atoms with Crippen LogP contribution in [0.15, 0.2) is 42.5 Å². The number of fused-ring (bicyclic) bond motifs is 1. The molecule has 0 aliphatic heterocycles. The van der Waals surface area contributed by atoms with Gasteiger partial charge in [0.25, 0.3) is 5.91 Å². The van der Waals surface area contributed by atoms with Gasteiger partial charge in [-0.3, -0.25) is 19.5 Å². The molecular weight excluding hydrogens is 334 g/mol. The molecule has 0 aliphatic rings. The number of ether oxygens (including phenoxy) is 1. The number of ketones is 1. The van der Waals surface area contributed by atoms with E-state index in [-0.39, 0.29) is 12.4 Å². The Morgan fingerprint density at radius 1 is 1.04 bits per heavy atom. The third-order valence-corrected chi connectivity index (χ3v) is 3.85. The lowest BCUT2D eigenvalue weighted by atomic mass is 10.0. The first-order valence-corrected chi connectivity index (χ1v) is 7.97. The summed E-state index contributed by atoms with van der Waals surface area (Å²) in [7, 11) is 0. The second kappa shape index (κ2) is 7.18. The predicted octanol–water partition coefficient (Wildman–Crippen LogP) is 2.93. The lowest BCUT2D eigenvalue weighted by molar-refractivity contribution is -0.144. The zero-order valence-corrected chi connectivity index (χ0v) is 14.3. The number of nitrogens with one attached hydrogen (secondary N) is 2. The number of hydrogen-bond donors (Lipinski definition) is 2. The molecule has 0 fully saturated rings. The minimum Gasteiger partial charge on any atom is -0.456 e. The van der Waals surface area contributed by atoms with E-state index in [0.717, 1.165) is 22.0 Å². The van der Waals surface area contributed by atoms with E-state index in [1.54, 1.807) is 12.1 Å². The summed E-state index contributed by atoms with van der Waals surface area (Å²) in [6.07, 6.45) is 0. The number of H-pyrrole nitrogens is 1. The number of aromatic amines is 1. The number of aromatic nitrogens is 2. The van der Waals surface area contributed by atoms with Gasteiger partial charge in [0.15, 0.2) is 18.2 Å². The van der Waals surface area contributed by atoms with Crippen molar-refractivity contribution in [2.75, 3.05) is 11.9 Å². The summed E-state index contributed by atoms with van der Waals surface area (Å²) in [5.74, 6) is -0.588. The Balaban J connectivity index is 1.81. The normalized spacial score (nSPS) is 10.5. The average Bonchev–Trinajstić information content (AvgIpc) is 3.02. The standard InChI is InChI=1S/C19H17N3O4/c1-11(23)13-3-5-14(6-4-13)15-7-8-16-17(9-15)21-22-19(16)20-18(25)10-26-12(2)24/h3-9H,10H2,1-2H3,(H2,20,21,22,25). The second-order valence-electron chi connectivity index (χ2n) is 5.79. The van der Waals surface area contributed by atoms with E-state index in [4.69, 9.17) is 0 Å². The van der Waals surface area contributed by atoms with Gasteiger partial charge in [0.1, 0.15) is 0 Å². The Kier molecular flexibility index (Phi) is 4.79. The maximum atomic E-state index is 11.8. The Bertz CT molecular complexity index is 990. The van der Waals surface area contributed by atoms with Crippen LogP contribution in [0.25, 0.3) is 22.0 Å². The summed E-state index contributed by atoms with van der Waals surface area (Å²) in [5.41, 5.74) is 3.33. The lowest BCUT2D eigenvalue weighted by Gasteiger charge is -2.04. The molecule has 0 spiro atoms. The molecule has 0 saturated carbocycles. The van der Waals surface area contributed by atoms with Crippen LogP contribution in [0, 0.1) is 0 Å². The molecule has 0 bridgehead atoms. The van der Waals surface area contributed by atoms with Crippen LogP contribution in [0.2, 0.25) is 0 Å². The van der Waals surface area contributed by atoms with Gasteiger partial charge in [0, 0.05) is 17.9 Å². The van der Waals surface area contributed by atoms with E-state index in [0.29, 0.717) is 11.4 Å². The molecule has 0 aliphatic carbocycles. The molecule has 0 saturated heterocycles. The van der Waals surface area contributed by atoms with Gasteiger partial charge in [-0.2, -0.15) is 5.10 Å². The number of carbonyl (C=O) groups is 3. The van der Waals surface area contributed by atoms with Crippen LogP contribution < -0.4 is 5.32 Å². The molecule has 132 valence electrons. The highest BCUT2D eigenvalue weighted by Crippen LogP contribution is 2.27. The van der Waals surface area contributed by atoms with Crippen molar-refractivity contribution in [3.63, 3.8) is 0 Å². The molecule has 1 aromatic heterocycles. The van der Waals surface area contributed by atoms with Crippen molar-refractivity contribution in [2.45, 2.75) is 13.8 Å². The average molecular weight is 351 g/mol. The van der Waals surface area contributed by atoms with Crippen molar-refractivity contribution in [2.24, 2.45) is 0 Å². The number of nitrogens with zero attached hydrogens (tertiary/aromatic N) is 1. The molecule has 0 atom stereocenters. The highest BCUT2D eigenvalue weighted by Gasteiger charge is 2.11. The summed E-state index contributed by atoms with van der Waals surface area (Å²) >= 11 is 0. The van der Waals surface area contributed by atoms with Gasteiger partial charge in [-0.05, 0) is 30.2 Å². The van der Waals surface area contributed by atoms with Gasteiger partial charge in [-0.25, -0.2) is 0 Å². The number of Topliss-reactive ketones (excluding diaryl/α,β-unsaturated/α-hetero) is 1. The second-order valence-corrected chi connectivity index (χ2v) is 5.79. The van der Waals surface area contributed by atoms with Crippen LogP contribution in [0.1, 0.15) is 24.2 Å². The zero-order valence-electron chi connectivity index (χ0n) is 14.3. The summed E-state index contributed by atoms with van der Waals surface area (Å²) < 4.78 is 4.65. The first-order chi connectivity index (χ1) is 12.4. The van der Waals surface area contributed by atoms with Crippen LogP contribution in [0.4, 0.5) is 5.82 Å². The van der Waals surface area contributed by atoms with Crippen molar-refractivity contribution >= 4 is 34.4 Å². The van der Waals surface area contributed by atoms with Crippen LogP contribution >= 0.6 is 0 Å². The number of benzene rings is 2. The zero-order chi connectivity index (χ0) is 18.7. The van der Waals surface area contributed by atoms with Gasteiger partial charge < -0.3 is 10.1 Å². The number of hydrogen-bond acceptors (Lipinski definition) is 5. The number of rotatable bonds is 5. The van der Waals surface area contributed by atoms with Crippen LogP contribution in [-0.4, -0.2) is 34.5 Å². The van der Waals surface area contributed by atoms with Gasteiger partial charge in [-0.15, -0.1) is 0 Å². The SMILES string of the molecule is CC(=O)OCC(=O)Nc1n[nH]c2cc(-c3ccc(C(C)=O)cc3)ccc12. The van der Waals surface area contributed by atoms with Crippen LogP contribution in [0.3, 0.4) is 0 Å². The van der Waals surface area contributed by atoms with Gasteiger partial charge in [-0.1, -0.05) is 30.3 Å². The molecule has 26 heavy (non-hydrogen) atoms. The summed E-state index contributed by atoms with van der Waals surface area (Å²) in [5, 5.41) is 10.3. The monoisotopic (exact) mass is 351 g/mol. The molecule has 7 heteroatoms. The van der Waals surface area contributed by atoms with Gasteiger partial charge in [0.05, 0.1) is 5.52 Å². The minimum atomic E-state index is -0.521. The number of anilines is 1. The number of amides is 1. The molecular formula is C19H17N3O4. The maximum Gasteiger partial charge on any atom is 0.303 e. The summed E-state index contributed by atoms with van der Waals surface area (Å²) in [6, 6.07) is 13.0. The van der Waals surface area contributed by atoms with Crippen LogP contribution in [0.5, 0.6) is 0 Å². The lowest BCUT2D eigenvalue weighted by Crippen LogP contribution is -2.20. The van der Waals surface area contributed by atoms with E-state index in [1.165, 1.54) is 13.8 Å². The fourth-order valence-corrected chi connectivity index (χ4v) is 2.53. The van der Waals surface area contributed by atoms with Gasteiger partial charge >= 0.3 is 5.97 Å². The molecule has 2 aromatic carbocycles. The smallest absolute Gasteiger partial charge is 0.303 e. The Labute approximate surface area is 149 Å². The molecule has 0 radical (unpaired) electrons. The quantitative estimate of drug-likeness (QED) is 0.544. The predicted molar refractivity (Wildman–Crippen MR) is 96.8 cm³/mol. The highest BCUT2D eigenvalue weighted by molar-refractivity contribution is 6.01.